The molecule has 116 valence electrons. The van der Waals surface area contributed by atoms with Gasteiger partial charge >= 0.3 is 0 Å². The maximum atomic E-state index is 12.1. The summed E-state index contributed by atoms with van der Waals surface area (Å²) in [5, 5.41) is 2.71. The van der Waals surface area contributed by atoms with Crippen LogP contribution < -0.4 is 15.8 Å². The monoisotopic (exact) mass is 311 g/mol. The topological polar surface area (TPSA) is 101 Å². The van der Waals surface area contributed by atoms with E-state index in [0.717, 1.165) is 25.7 Å². The lowest BCUT2D eigenvalue weighted by Crippen LogP contribution is -2.25. The Balaban J connectivity index is 1.98. The van der Waals surface area contributed by atoms with Gasteiger partial charge in [-0.05, 0) is 50.4 Å². The van der Waals surface area contributed by atoms with Crippen molar-refractivity contribution in [2.45, 2.75) is 43.0 Å². The fourth-order valence-corrected chi connectivity index (χ4v) is 3.23. The molecule has 7 heteroatoms. The van der Waals surface area contributed by atoms with E-state index in [2.05, 4.69) is 10.0 Å². The second-order valence-corrected chi connectivity index (χ2v) is 6.93. The molecule has 21 heavy (non-hydrogen) atoms. The number of rotatable bonds is 8. The van der Waals surface area contributed by atoms with E-state index >= 15 is 0 Å². The molecule has 0 heterocycles. The van der Waals surface area contributed by atoms with Crippen molar-refractivity contribution in [3.63, 3.8) is 0 Å². The molecule has 0 radical (unpaired) electrons. The normalized spacial score (nSPS) is 14.9. The van der Waals surface area contributed by atoms with E-state index < -0.39 is 10.0 Å². The molecular weight excluding hydrogens is 290 g/mol. The Hall–Kier alpha value is -1.44. The van der Waals surface area contributed by atoms with Crippen LogP contribution >= 0.6 is 0 Å². The van der Waals surface area contributed by atoms with Crippen LogP contribution in [-0.2, 0) is 14.8 Å². The second kappa shape index (κ2) is 7.02. The first-order valence-corrected chi connectivity index (χ1v) is 8.62. The van der Waals surface area contributed by atoms with Crippen molar-refractivity contribution < 1.29 is 13.2 Å². The average molecular weight is 311 g/mol. The third kappa shape index (κ3) is 5.11. The lowest BCUT2D eigenvalue weighted by atomic mass is 10.2. The van der Waals surface area contributed by atoms with Crippen molar-refractivity contribution in [2.24, 2.45) is 5.73 Å². The number of unbranched alkanes of at least 4 members (excludes halogenated alkanes) is 1. The molecule has 0 spiro atoms. The van der Waals surface area contributed by atoms with Crippen LogP contribution in [0.15, 0.2) is 29.2 Å². The molecular formula is C14H21N3O3S. The number of benzene rings is 1. The maximum absolute atomic E-state index is 12.1. The van der Waals surface area contributed by atoms with Crippen LogP contribution in [0, 0.1) is 0 Å². The number of sulfonamides is 1. The summed E-state index contributed by atoms with van der Waals surface area (Å²) in [5.74, 6) is -0.131. The van der Waals surface area contributed by atoms with Crippen LogP contribution in [0.5, 0.6) is 0 Å². The van der Waals surface area contributed by atoms with Gasteiger partial charge in [0.25, 0.3) is 0 Å². The fraction of sp³-hybridized carbons (Fsp3) is 0.500. The largest absolute Gasteiger partial charge is 0.330 e. The molecule has 2 rings (SSSR count). The van der Waals surface area contributed by atoms with Gasteiger partial charge in [0.2, 0.25) is 15.9 Å². The number of hydrogen-bond acceptors (Lipinski definition) is 4. The van der Waals surface area contributed by atoms with E-state index in [4.69, 9.17) is 5.73 Å². The van der Waals surface area contributed by atoms with Crippen molar-refractivity contribution >= 4 is 21.6 Å². The second-order valence-electron chi connectivity index (χ2n) is 5.22. The minimum Gasteiger partial charge on any atom is -0.330 e. The molecule has 1 aliphatic carbocycles. The summed E-state index contributed by atoms with van der Waals surface area (Å²) >= 11 is 0. The smallest absolute Gasteiger partial charge is 0.240 e. The van der Waals surface area contributed by atoms with Crippen molar-refractivity contribution in [3.8, 4) is 0 Å². The number of amides is 1. The van der Waals surface area contributed by atoms with Gasteiger partial charge in [-0.3, -0.25) is 4.79 Å². The van der Waals surface area contributed by atoms with E-state index in [1.165, 1.54) is 12.1 Å². The van der Waals surface area contributed by atoms with Crippen LogP contribution in [0.25, 0.3) is 0 Å². The van der Waals surface area contributed by atoms with Gasteiger partial charge in [0.1, 0.15) is 0 Å². The number of carbonyl (C=O) groups excluding carboxylic acids is 1. The number of nitrogens with two attached hydrogens (primary N) is 1. The molecule has 1 amide bonds. The Morgan fingerprint density at radius 1 is 1.29 bits per heavy atom. The van der Waals surface area contributed by atoms with Crippen molar-refractivity contribution in [1.29, 1.82) is 0 Å². The predicted molar refractivity (Wildman–Crippen MR) is 81.3 cm³/mol. The summed E-state index contributed by atoms with van der Waals surface area (Å²) in [6.07, 6.45) is 3.68. The van der Waals surface area contributed by atoms with Crippen LogP contribution in [0.2, 0.25) is 0 Å². The van der Waals surface area contributed by atoms with E-state index in [-0.39, 0.29) is 16.8 Å². The third-order valence-corrected chi connectivity index (χ3v) is 4.70. The molecule has 4 N–H and O–H groups in total. The van der Waals surface area contributed by atoms with E-state index in [1.807, 2.05) is 0 Å². The molecule has 0 atom stereocenters. The Labute approximate surface area is 125 Å². The van der Waals surface area contributed by atoms with E-state index in [1.54, 1.807) is 12.1 Å². The number of nitrogens with one attached hydrogen (secondary N) is 2. The summed E-state index contributed by atoms with van der Waals surface area (Å²) in [7, 11) is -3.49. The molecule has 1 fully saturated rings. The quantitative estimate of drug-likeness (QED) is 0.628. The first kappa shape index (κ1) is 15.9. The molecule has 0 aliphatic heterocycles. The minimum atomic E-state index is -3.49. The zero-order valence-electron chi connectivity index (χ0n) is 11.8. The summed E-state index contributed by atoms with van der Waals surface area (Å²) in [6, 6.07) is 6.36. The van der Waals surface area contributed by atoms with Crippen LogP contribution in [-0.4, -0.2) is 26.9 Å². The zero-order valence-corrected chi connectivity index (χ0v) is 12.7. The number of carbonyl (C=O) groups is 1. The molecule has 0 unspecified atom stereocenters. The van der Waals surface area contributed by atoms with Gasteiger partial charge in [-0.25, -0.2) is 13.1 Å². The molecule has 1 aliphatic rings. The van der Waals surface area contributed by atoms with Gasteiger partial charge < -0.3 is 11.1 Å². The van der Waals surface area contributed by atoms with Gasteiger partial charge in [-0.1, -0.05) is 6.07 Å². The standard InChI is InChI=1S/C14H21N3O3S/c15-9-2-1-6-14(18)16-12-4-3-5-13(10-12)21(19,20)17-11-7-8-11/h3-5,10-11,17H,1-2,6-9,15H2,(H,16,18). The Morgan fingerprint density at radius 2 is 2.05 bits per heavy atom. The maximum Gasteiger partial charge on any atom is 0.240 e. The van der Waals surface area contributed by atoms with Crippen LogP contribution in [0.1, 0.15) is 32.1 Å². The highest BCUT2D eigenvalue weighted by atomic mass is 32.2. The molecule has 1 aromatic carbocycles. The Morgan fingerprint density at radius 3 is 2.71 bits per heavy atom. The molecule has 0 aromatic heterocycles. The van der Waals surface area contributed by atoms with Gasteiger partial charge in [-0.2, -0.15) is 0 Å². The predicted octanol–water partition coefficient (Wildman–Crippen LogP) is 1.19. The van der Waals surface area contributed by atoms with Crippen LogP contribution in [0.4, 0.5) is 5.69 Å². The number of hydrogen-bond donors (Lipinski definition) is 3. The minimum absolute atomic E-state index is 0.0597. The highest BCUT2D eigenvalue weighted by molar-refractivity contribution is 7.89. The Bertz CT molecular complexity index is 597. The van der Waals surface area contributed by atoms with Crippen LogP contribution in [0.3, 0.4) is 0 Å². The number of anilines is 1. The highest BCUT2D eigenvalue weighted by Crippen LogP contribution is 2.23. The summed E-state index contributed by atoms with van der Waals surface area (Å²) < 4.78 is 26.8. The Kier molecular flexibility index (Phi) is 5.33. The zero-order chi connectivity index (χ0) is 15.3. The third-order valence-electron chi connectivity index (χ3n) is 3.19. The summed E-state index contributed by atoms with van der Waals surface area (Å²) in [4.78, 5) is 11.9. The van der Waals surface area contributed by atoms with Crippen molar-refractivity contribution in [3.05, 3.63) is 24.3 Å². The van der Waals surface area contributed by atoms with Crippen molar-refractivity contribution in [1.82, 2.24) is 4.72 Å². The van der Waals surface area contributed by atoms with Gasteiger partial charge in [0.15, 0.2) is 0 Å². The highest BCUT2D eigenvalue weighted by Gasteiger charge is 2.28. The average Bonchev–Trinajstić information content (AvgIpc) is 3.22. The van der Waals surface area contributed by atoms with Crippen molar-refractivity contribution in [2.75, 3.05) is 11.9 Å². The summed E-state index contributed by atoms with van der Waals surface area (Å²) in [6.45, 7) is 0.563. The van der Waals surface area contributed by atoms with Gasteiger partial charge in [-0.15, -0.1) is 0 Å². The molecule has 0 saturated heterocycles. The lowest BCUT2D eigenvalue weighted by Gasteiger charge is -2.09. The van der Waals surface area contributed by atoms with E-state index in [9.17, 15) is 13.2 Å². The first-order chi connectivity index (χ1) is 10.0. The molecule has 6 nitrogen and oxygen atoms in total. The summed E-state index contributed by atoms with van der Waals surface area (Å²) in [5.41, 5.74) is 5.87. The van der Waals surface area contributed by atoms with E-state index in [0.29, 0.717) is 18.7 Å². The first-order valence-electron chi connectivity index (χ1n) is 7.13. The molecule has 1 saturated carbocycles. The SMILES string of the molecule is NCCCCC(=O)Nc1cccc(S(=O)(=O)NC2CC2)c1. The van der Waals surface area contributed by atoms with Gasteiger partial charge in [0, 0.05) is 18.2 Å². The van der Waals surface area contributed by atoms with Gasteiger partial charge in [0.05, 0.1) is 4.90 Å². The molecule has 0 bridgehead atoms. The fourth-order valence-electron chi connectivity index (χ4n) is 1.88. The molecule has 1 aromatic rings. The lowest BCUT2D eigenvalue weighted by molar-refractivity contribution is -0.116.